The van der Waals surface area contributed by atoms with E-state index in [9.17, 15) is 4.79 Å². The molecular formula is C17H14Cl2N2O5. The number of carbonyl (C=O) groups excluding carboxylic acids is 1. The quantitative estimate of drug-likeness (QED) is 0.795. The van der Waals surface area contributed by atoms with Crippen molar-refractivity contribution in [2.24, 2.45) is 0 Å². The Hall–Kier alpha value is -2.51. The third-order valence-electron chi connectivity index (χ3n) is 3.76. The van der Waals surface area contributed by atoms with Crippen LogP contribution in [0.5, 0.6) is 23.0 Å². The van der Waals surface area contributed by atoms with Crippen LogP contribution in [0.3, 0.4) is 0 Å². The van der Waals surface area contributed by atoms with Crippen molar-refractivity contribution in [1.82, 2.24) is 0 Å². The van der Waals surface area contributed by atoms with Crippen LogP contribution in [0.25, 0.3) is 0 Å². The lowest BCUT2D eigenvalue weighted by atomic mass is 10.2. The zero-order chi connectivity index (χ0) is 18.1. The molecule has 0 atom stereocenters. The van der Waals surface area contributed by atoms with Gasteiger partial charge in [0.05, 0.1) is 21.4 Å². The summed E-state index contributed by atoms with van der Waals surface area (Å²) in [5.74, 6) is 2.13. The summed E-state index contributed by atoms with van der Waals surface area (Å²) in [4.78, 5) is 12.3. The number of amides is 2. The molecule has 0 unspecified atom stereocenters. The highest BCUT2D eigenvalue weighted by atomic mass is 35.5. The Labute approximate surface area is 159 Å². The molecule has 0 saturated heterocycles. The van der Waals surface area contributed by atoms with E-state index in [2.05, 4.69) is 10.6 Å². The SMILES string of the molecule is O=C(Nc1cc2c(cc1Cl)OCCO2)Nc1cc2c(cc1Cl)OCCO2. The van der Waals surface area contributed by atoms with Crippen LogP contribution in [0.1, 0.15) is 0 Å². The van der Waals surface area contributed by atoms with E-state index in [1.807, 2.05) is 0 Å². The van der Waals surface area contributed by atoms with Gasteiger partial charge >= 0.3 is 6.03 Å². The number of urea groups is 1. The van der Waals surface area contributed by atoms with Gasteiger partial charge in [0.2, 0.25) is 0 Å². The Morgan fingerprint density at radius 1 is 0.692 bits per heavy atom. The second-order valence-electron chi connectivity index (χ2n) is 5.53. The van der Waals surface area contributed by atoms with Crippen LogP contribution < -0.4 is 29.6 Å². The van der Waals surface area contributed by atoms with Gasteiger partial charge in [-0.25, -0.2) is 4.79 Å². The smallest absolute Gasteiger partial charge is 0.323 e. The predicted molar refractivity (Wildman–Crippen MR) is 97.5 cm³/mol. The highest BCUT2D eigenvalue weighted by molar-refractivity contribution is 6.35. The minimum atomic E-state index is -0.512. The van der Waals surface area contributed by atoms with Gasteiger partial charge in [0.15, 0.2) is 23.0 Å². The molecule has 2 aromatic rings. The van der Waals surface area contributed by atoms with E-state index >= 15 is 0 Å². The van der Waals surface area contributed by atoms with Crippen molar-refractivity contribution >= 4 is 40.6 Å². The summed E-state index contributed by atoms with van der Waals surface area (Å²) in [5.41, 5.74) is 0.782. The molecule has 2 aromatic carbocycles. The third-order valence-corrected chi connectivity index (χ3v) is 4.39. The molecule has 0 fully saturated rings. The van der Waals surface area contributed by atoms with Crippen molar-refractivity contribution in [3.05, 3.63) is 34.3 Å². The fraction of sp³-hybridized carbons (Fsp3) is 0.235. The van der Waals surface area contributed by atoms with E-state index in [0.717, 1.165) is 0 Å². The number of nitrogens with one attached hydrogen (secondary N) is 2. The Balaban J connectivity index is 1.51. The Bertz CT molecular complexity index is 805. The molecule has 26 heavy (non-hydrogen) atoms. The maximum atomic E-state index is 12.3. The minimum Gasteiger partial charge on any atom is -0.486 e. The summed E-state index contributed by atoms with van der Waals surface area (Å²) in [6.07, 6.45) is 0. The summed E-state index contributed by atoms with van der Waals surface area (Å²) in [7, 11) is 0. The van der Waals surface area contributed by atoms with Crippen molar-refractivity contribution < 1.29 is 23.7 Å². The van der Waals surface area contributed by atoms with Crippen LogP contribution >= 0.6 is 23.2 Å². The van der Waals surface area contributed by atoms with Crippen molar-refractivity contribution in [2.75, 3.05) is 37.1 Å². The molecule has 2 aliphatic rings. The normalized spacial score (nSPS) is 14.5. The molecule has 2 heterocycles. The molecule has 2 N–H and O–H groups in total. The van der Waals surface area contributed by atoms with E-state index < -0.39 is 6.03 Å². The van der Waals surface area contributed by atoms with Gasteiger partial charge in [0.1, 0.15) is 26.4 Å². The summed E-state index contributed by atoms with van der Waals surface area (Å²) in [6, 6.07) is 5.91. The maximum Gasteiger partial charge on any atom is 0.323 e. The monoisotopic (exact) mass is 396 g/mol. The molecule has 2 aliphatic heterocycles. The average molecular weight is 397 g/mol. The number of rotatable bonds is 2. The van der Waals surface area contributed by atoms with Crippen LogP contribution in [0.4, 0.5) is 16.2 Å². The van der Waals surface area contributed by atoms with Crippen LogP contribution in [-0.4, -0.2) is 32.5 Å². The van der Waals surface area contributed by atoms with Crippen LogP contribution in [0.15, 0.2) is 24.3 Å². The Morgan fingerprint density at radius 2 is 1.04 bits per heavy atom. The van der Waals surface area contributed by atoms with E-state index in [0.29, 0.717) is 70.8 Å². The first-order valence-electron chi connectivity index (χ1n) is 7.86. The molecule has 7 nitrogen and oxygen atoms in total. The van der Waals surface area contributed by atoms with E-state index in [1.54, 1.807) is 24.3 Å². The van der Waals surface area contributed by atoms with Gasteiger partial charge in [-0.3, -0.25) is 0 Å². The lowest BCUT2D eigenvalue weighted by Gasteiger charge is -2.21. The number of halogens is 2. The zero-order valence-electron chi connectivity index (χ0n) is 13.4. The first kappa shape index (κ1) is 16.9. The van der Waals surface area contributed by atoms with Gasteiger partial charge in [0, 0.05) is 24.3 Å². The zero-order valence-corrected chi connectivity index (χ0v) is 14.9. The highest BCUT2D eigenvalue weighted by Crippen LogP contribution is 2.39. The van der Waals surface area contributed by atoms with Crippen molar-refractivity contribution in [2.45, 2.75) is 0 Å². The molecule has 4 rings (SSSR count). The van der Waals surface area contributed by atoms with Gasteiger partial charge in [-0.05, 0) is 0 Å². The first-order chi connectivity index (χ1) is 12.6. The molecule has 136 valence electrons. The minimum absolute atomic E-state index is 0.331. The number of carbonyl (C=O) groups is 1. The van der Waals surface area contributed by atoms with Gasteiger partial charge in [-0.1, -0.05) is 23.2 Å². The van der Waals surface area contributed by atoms with E-state index in [1.165, 1.54) is 0 Å². The summed E-state index contributed by atoms with van der Waals surface area (Å²) in [6.45, 7) is 1.79. The second kappa shape index (κ2) is 7.01. The van der Waals surface area contributed by atoms with E-state index in [-0.39, 0.29) is 0 Å². The summed E-state index contributed by atoms with van der Waals surface area (Å²) < 4.78 is 21.9. The Morgan fingerprint density at radius 3 is 1.42 bits per heavy atom. The average Bonchev–Trinajstić information content (AvgIpc) is 2.63. The molecule has 0 aromatic heterocycles. The van der Waals surface area contributed by atoms with Gasteiger partial charge in [-0.15, -0.1) is 0 Å². The number of fused-ring (bicyclic) bond motifs is 2. The van der Waals surface area contributed by atoms with Crippen molar-refractivity contribution in [3.63, 3.8) is 0 Å². The van der Waals surface area contributed by atoms with Gasteiger partial charge in [-0.2, -0.15) is 0 Å². The standard InChI is InChI=1S/C17H14Cl2N2O5/c18-9-5-13-15(25-3-1-23-13)7-11(9)20-17(22)21-12-8-16-14(6-10(12)19)24-2-4-26-16/h5-8H,1-4H2,(H2,20,21,22). The predicted octanol–water partition coefficient (Wildman–Crippen LogP) is 4.18. The molecule has 0 saturated carbocycles. The Kier molecular flexibility index (Phi) is 4.57. The maximum absolute atomic E-state index is 12.3. The molecule has 9 heteroatoms. The highest BCUT2D eigenvalue weighted by Gasteiger charge is 2.19. The molecular weight excluding hydrogens is 383 g/mol. The summed E-state index contributed by atoms with van der Waals surface area (Å²) in [5, 5.41) is 6.00. The molecule has 0 radical (unpaired) electrons. The third kappa shape index (κ3) is 3.40. The summed E-state index contributed by atoms with van der Waals surface area (Å²) >= 11 is 12.4. The fourth-order valence-corrected chi connectivity index (χ4v) is 3.00. The fourth-order valence-electron chi connectivity index (χ4n) is 2.60. The second-order valence-corrected chi connectivity index (χ2v) is 6.34. The topological polar surface area (TPSA) is 78.1 Å². The number of benzene rings is 2. The molecule has 2 amide bonds. The van der Waals surface area contributed by atoms with Crippen molar-refractivity contribution in [3.8, 4) is 23.0 Å². The lowest BCUT2D eigenvalue weighted by Crippen LogP contribution is -2.21. The molecule has 0 aliphatic carbocycles. The van der Waals surface area contributed by atoms with Crippen molar-refractivity contribution in [1.29, 1.82) is 0 Å². The lowest BCUT2D eigenvalue weighted by molar-refractivity contribution is 0.171. The van der Waals surface area contributed by atoms with Crippen LogP contribution in [-0.2, 0) is 0 Å². The molecule has 0 bridgehead atoms. The largest absolute Gasteiger partial charge is 0.486 e. The van der Waals surface area contributed by atoms with Gasteiger partial charge in [0.25, 0.3) is 0 Å². The first-order valence-corrected chi connectivity index (χ1v) is 8.62. The van der Waals surface area contributed by atoms with Crippen LogP contribution in [0, 0.1) is 0 Å². The number of hydrogen-bond donors (Lipinski definition) is 2. The number of hydrogen-bond acceptors (Lipinski definition) is 5. The van der Waals surface area contributed by atoms with E-state index in [4.69, 9.17) is 42.1 Å². The van der Waals surface area contributed by atoms with Crippen LogP contribution in [0.2, 0.25) is 10.0 Å². The van der Waals surface area contributed by atoms with Gasteiger partial charge < -0.3 is 29.6 Å². The number of anilines is 2. The molecule has 0 spiro atoms. The number of ether oxygens (including phenoxy) is 4.